The molecule has 126 valence electrons. The fourth-order valence-corrected chi connectivity index (χ4v) is 3.75. The van der Waals surface area contributed by atoms with Crippen molar-refractivity contribution >= 4 is 33.5 Å². The van der Waals surface area contributed by atoms with Gasteiger partial charge in [-0.1, -0.05) is 21.6 Å². The van der Waals surface area contributed by atoms with Crippen molar-refractivity contribution in [3.63, 3.8) is 0 Å². The van der Waals surface area contributed by atoms with Crippen LogP contribution in [0, 0.1) is 0 Å². The number of carbonyl (C=O) groups is 2. The minimum Gasteiger partial charge on any atom is -0.462 e. The van der Waals surface area contributed by atoms with E-state index in [1.54, 1.807) is 59.7 Å². The van der Waals surface area contributed by atoms with Gasteiger partial charge in [0.2, 0.25) is 0 Å². The lowest BCUT2D eigenvalue weighted by molar-refractivity contribution is 0.0516. The van der Waals surface area contributed by atoms with Crippen LogP contribution in [0.1, 0.15) is 34.6 Å². The molecule has 0 aliphatic rings. The highest BCUT2D eigenvalue weighted by Gasteiger charge is 2.08. The zero-order chi connectivity index (χ0) is 17.4. The Morgan fingerprint density at radius 2 is 1.04 bits per heavy atom. The van der Waals surface area contributed by atoms with Gasteiger partial charge in [-0.15, -0.1) is 0 Å². The van der Waals surface area contributed by atoms with Crippen LogP contribution in [-0.4, -0.2) is 25.2 Å². The summed E-state index contributed by atoms with van der Waals surface area (Å²) < 4.78 is 9.91. The van der Waals surface area contributed by atoms with E-state index in [2.05, 4.69) is 0 Å². The highest BCUT2D eigenvalue weighted by atomic mass is 33.1. The van der Waals surface area contributed by atoms with Gasteiger partial charge in [0, 0.05) is 9.79 Å². The molecule has 0 saturated carbocycles. The Kier molecular flexibility index (Phi) is 7.21. The van der Waals surface area contributed by atoms with Gasteiger partial charge in [-0.25, -0.2) is 9.59 Å². The topological polar surface area (TPSA) is 52.6 Å². The van der Waals surface area contributed by atoms with Crippen molar-refractivity contribution in [1.82, 2.24) is 0 Å². The van der Waals surface area contributed by atoms with E-state index in [-0.39, 0.29) is 11.9 Å². The summed E-state index contributed by atoms with van der Waals surface area (Å²) in [7, 11) is 3.16. The molecule has 0 unspecified atom stereocenters. The first-order valence-electron chi connectivity index (χ1n) is 7.53. The third-order valence-electron chi connectivity index (χ3n) is 2.97. The van der Waals surface area contributed by atoms with Crippen LogP contribution in [0.3, 0.4) is 0 Å². The molecule has 0 bridgehead atoms. The highest BCUT2D eigenvalue weighted by molar-refractivity contribution is 8.76. The lowest BCUT2D eigenvalue weighted by atomic mass is 10.2. The highest BCUT2D eigenvalue weighted by Crippen LogP contribution is 2.37. The fraction of sp³-hybridized carbons (Fsp3) is 0.222. The van der Waals surface area contributed by atoms with E-state index in [4.69, 9.17) is 9.47 Å². The smallest absolute Gasteiger partial charge is 0.338 e. The Labute approximate surface area is 149 Å². The van der Waals surface area contributed by atoms with Crippen molar-refractivity contribution in [2.45, 2.75) is 23.6 Å². The van der Waals surface area contributed by atoms with E-state index in [0.29, 0.717) is 24.3 Å². The van der Waals surface area contributed by atoms with Crippen LogP contribution < -0.4 is 0 Å². The molecule has 0 atom stereocenters. The number of hydrogen-bond acceptors (Lipinski definition) is 6. The van der Waals surface area contributed by atoms with Crippen LogP contribution in [0.4, 0.5) is 0 Å². The van der Waals surface area contributed by atoms with Gasteiger partial charge < -0.3 is 9.47 Å². The predicted molar refractivity (Wildman–Crippen MR) is 96.5 cm³/mol. The maximum Gasteiger partial charge on any atom is 0.338 e. The van der Waals surface area contributed by atoms with Crippen molar-refractivity contribution < 1.29 is 19.1 Å². The van der Waals surface area contributed by atoms with E-state index in [9.17, 15) is 9.59 Å². The van der Waals surface area contributed by atoms with Crippen molar-refractivity contribution in [3.05, 3.63) is 59.7 Å². The van der Waals surface area contributed by atoms with Gasteiger partial charge in [0.05, 0.1) is 24.3 Å². The summed E-state index contributed by atoms with van der Waals surface area (Å²) in [6, 6.07) is 14.6. The molecule has 0 aliphatic carbocycles. The Morgan fingerprint density at radius 1 is 0.708 bits per heavy atom. The minimum atomic E-state index is -0.309. The van der Waals surface area contributed by atoms with E-state index in [1.807, 2.05) is 24.3 Å². The predicted octanol–water partition coefficient (Wildman–Crippen LogP) is 4.84. The van der Waals surface area contributed by atoms with Crippen LogP contribution in [-0.2, 0) is 9.47 Å². The Morgan fingerprint density at radius 3 is 1.33 bits per heavy atom. The summed E-state index contributed by atoms with van der Waals surface area (Å²) in [5, 5.41) is 0. The maximum atomic E-state index is 11.6. The Balaban J connectivity index is 1.91. The van der Waals surface area contributed by atoms with Gasteiger partial charge in [-0.05, 0) is 62.4 Å². The average molecular weight is 362 g/mol. The second-order valence-corrected chi connectivity index (χ2v) is 6.93. The number of carbonyl (C=O) groups excluding carboxylic acids is 2. The van der Waals surface area contributed by atoms with Crippen molar-refractivity contribution in [1.29, 1.82) is 0 Å². The van der Waals surface area contributed by atoms with Gasteiger partial charge in [0.1, 0.15) is 0 Å². The third kappa shape index (κ3) is 5.32. The number of rotatable bonds is 7. The molecule has 0 aromatic heterocycles. The average Bonchev–Trinajstić information content (AvgIpc) is 2.61. The molecule has 4 nitrogen and oxygen atoms in total. The molecule has 24 heavy (non-hydrogen) atoms. The monoisotopic (exact) mass is 362 g/mol. The fourth-order valence-electron chi connectivity index (χ4n) is 1.82. The largest absolute Gasteiger partial charge is 0.462 e. The molecular formula is C18H18O4S2. The Bertz CT molecular complexity index is 620. The second kappa shape index (κ2) is 9.39. The molecule has 0 radical (unpaired) electrons. The van der Waals surface area contributed by atoms with E-state index in [1.165, 1.54) is 0 Å². The lowest BCUT2D eigenvalue weighted by Crippen LogP contribution is -2.03. The number of hydrogen-bond donors (Lipinski definition) is 0. The number of esters is 2. The molecule has 2 rings (SSSR count). The van der Waals surface area contributed by atoms with Crippen LogP contribution >= 0.6 is 21.6 Å². The first-order chi connectivity index (χ1) is 11.6. The molecule has 0 N–H and O–H groups in total. The standard InChI is InChI=1S/C18H18O4S2/c1-3-21-17(19)13-5-9-15(10-6-13)23-24-16-11-7-14(8-12-16)18(20)22-4-2/h5-12H,3-4H2,1-2H3. The van der Waals surface area contributed by atoms with Gasteiger partial charge in [0.25, 0.3) is 0 Å². The van der Waals surface area contributed by atoms with Gasteiger partial charge in [-0.2, -0.15) is 0 Å². The first-order valence-corrected chi connectivity index (χ1v) is 9.68. The van der Waals surface area contributed by atoms with Crippen molar-refractivity contribution in [2.75, 3.05) is 13.2 Å². The molecular weight excluding hydrogens is 344 g/mol. The molecule has 0 heterocycles. The zero-order valence-electron chi connectivity index (χ0n) is 13.5. The third-order valence-corrected chi connectivity index (χ3v) is 5.38. The number of ether oxygens (including phenoxy) is 2. The summed E-state index contributed by atoms with van der Waals surface area (Å²) in [5.41, 5.74) is 1.09. The van der Waals surface area contributed by atoms with Crippen molar-refractivity contribution in [2.24, 2.45) is 0 Å². The van der Waals surface area contributed by atoms with Crippen LogP contribution in [0.5, 0.6) is 0 Å². The van der Waals surface area contributed by atoms with E-state index >= 15 is 0 Å². The molecule has 0 aliphatic heterocycles. The summed E-state index contributed by atoms with van der Waals surface area (Å²) in [6.07, 6.45) is 0. The molecule has 2 aromatic carbocycles. The summed E-state index contributed by atoms with van der Waals surface area (Å²) >= 11 is 0. The zero-order valence-corrected chi connectivity index (χ0v) is 15.1. The molecule has 0 amide bonds. The first kappa shape index (κ1) is 18.4. The quantitative estimate of drug-likeness (QED) is 0.519. The molecule has 0 spiro atoms. The van der Waals surface area contributed by atoms with Crippen LogP contribution in [0.25, 0.3) is 0 Å². The van der Waals surface area contributed by atoms with Crippen LogP contribution in [0.2, 0.25) is 0 Å². The van der Waals surface area contributed by atoms with E-state index < -0.39 is 0 Å². The molecule has 6 heteroatoms. The molecule has 2 aromatic rings. The SMILES string of the molecule is CCOC(=O)c1ccc(SSc2ccc(C(=O)OCC)cc2)cc1. The molecule has 0 fully saturated rings. The minimum absolute atomic E-state index is 0.309. The summed E-state index contributed by atoms with van der Waals surface area (Å²) in [5.74, 6) is -0.618. The van der Waals surface area contributed by atoms with Crippen LogP contribution in [0.15, 0.2) is 58.3 Å². The summed E-state index contributed by atoms with van der Waals surface area (Å²) in [6.45, 7) is 4.30. The molecule has 0 saturated heterocycles. The van der Waals surface area contributed by atoms with Gasteiger partial charge >= 0.3 is 11.9 Å². The lowest BCUT2D eigenvalue weighted by Gasteiger charge is -2.05. The van der Waals surface area contributed by atoms with Crippen molar-refractivity contribution in [3.8, 4) is 0 Å². The van der Waals surface area contributed by atoms with Gasteiger partial charge in [0.15, 0.2) is 0 Å². The maximum absolute atomic E-state index is 11.6. The number of benzene rings is 2. The Hall–Kier alpha value is -1.92. The summed E-state index contributed by atoms with van der Waals surface area (Å²) in [4.78, 5) is 25.3. The normalized spacial score (nSPS) is 10.2. The van der Waals surface area contributed by atoms with E-state index in [0.717, 1.165) is 9.79 Å². The van der Waals surface area contributed by atoms with Gasteiger partial charge in [-0.3, -0.25) is 0 Å². The second-order valence-electron chi connectivity index (χ2n) is 4.66.